The molecule has 2 aromatic carbocycles. The molecule has 0 saturated carbocycles. The van der Waals surface area contributed by atoms with E-state index in [9.17, 15) is 29.4 Å². The first-order valence-corrected chi connectivity index (χ1v) is 10.9. The number of amides is 3. The molecule has 0 radical (unpaired) electrons. The molecule has 6 N–H and O–H groups in total. The second-order valence-corrected chi connectivity index (χ2v) is 8.09. The number of hydrogen-bond acceptors (Lipinski definition) is 6. The summed E-state index contributed by atoms with van der Waals surface area (Å²) in [6.07, 6.45) is -1.69. The number of aliphatic carboxylic acids is 1. The minimum Gasteiger partial charge on any atom is -0.479 e. The third-order valence-corrected chi connectivity index (χ3v) is 5.61. The molecule has 3 amide bonds. The maximum Gasteiger partial charge on any atom is 0.338 e. The third-order valence-electron chi connectivity index (χ3n) is 4.78. The summed E-state index contributed by atoms with van der Waals surface area (Å²) in [6, 6.07) is 14.3. The molecular weight excluding hydrogens is 462 g/mol. The Bertz CT molecular complexity index is 1180. The second-order valence-electron chi connectivity index (χ2n) is 7.18. The predicted octanol–water partition coefficient (Wildman–Crippen LogP) is 2.88. The first kappa shape index (κ1) is 24.4. The monoisotopic (exact) mass is 483 g/mol. The van der Waals surface area contributed by atoms with E-state index in [4.69, 9.17) is 5.11 Å². The molecule has 176 valence electrons. The average Bonchev–Trinajstić information content (AvgIpc) is 3.27. The minimum atomic E-state index is -1.80. The fraction of sp³-hybridized carbons (Fsp3) is 0.130. The molecule has 3 aromatic rings. The first-order chi connectivity index (χ1) is 16.2. The molecule has 0 aliphatic heterocycles. The molecule has 2 atom stereocenters. The number of anilines is 2. The minimum absolute atomic E-state index is 0.0271. The Hall–Kier alpha value is -4.22. The number of urea groups is 1. The lowest BCUT2D eigenvalue weighted by atomic mass is 10.0. The summed E-state index contributed by atoms with van der Waals surface area (Å²) in [4.78, 5) is 47.2. The SMILES string of the molecule is O=C(Nc1ccc(C(=O)N[C@H](Cc2ccccc2)[C@@H](O)C(=O)O)cc1)Nc1sccc1C(=O)O. The number of nitrogens with one attached hydrogen (secondary N) is 3. The average molecular weight is 484 g/mol. The Balaban J connectivity index is 1.63. The zero-order valence-electron chi connectivity index (χ0n) is 17.6. The Morgan fingerprint density at radius 3 is 2.18 bits per heavy atom. The van der Waals surface area contributed by atoms with Gasteiger partial charge in [0.1, 0.15) is 5.00 Å². The van der Waals surface area contributed by atoms with Crippen molar-refractivity contribution in [1.29, 1.82) is 0 Å². The zero-order chi connectivity index (χ0) is 24.7. The Kier molecular flexibility index (Phi) is 7.96. The van der Waals surface area contributed by atoms with Crippen molar-refractivity contribution in [1.82, 2.24) is 5.32 Å². The van der Waals surface area contributed by atoms with E-state index in [0.717, 1.165) is 16.9 Å². The molecule has 3 rings (SSSR count). The van der Waals surface area contributed by atoms with Gasteiger partial charge in [-0.1, -0.05) is 30.3 Å². The number of aliphatic hydroxyl groups excluding tert-OH is 1. The zero-order valence-corrected chi connectivity index (χ0v) is 18.4. The van der Waals surface area contributed by atoms with Crippen LogP contribution in [0.25, 0.3) is 0 Å². The third kappa shape index (κ3) is 6.40. The Labute approximate surface area is 197 Å². The van der Waals surface area contributed by atoms with Crippen molar-refractivity contribution in [2.45, 2.75) is 18.6 Å². The molecule has 0 unspecified atom stereocenters. The van der Waals surface area contributed by atoms with Crippen LogP contribution in [0.2, 0.25) is 0 Å². The number of thiophene rings is 1. The summed E-state index contributed by atoms with van der Waals surface area (Å²) >= 11 is 1.07. The number of carbonyl (C=O) groups is 4. The van der Waals surface area contributed by atoms with Gasteiger partial charge in [0, 0.05) is 11.3 Å². The van der Waals surface area contributed by atoms with Gasteiger partial charge in [-0.25, -0.2) is 14.4 Å². The van der Waals surface area contributed by atoms with Gasteiger partial charge in [-0.05, 0) is 47.7 Å². The molecule has 0 saturated heterocycles. The second kappa shape index (κ2) is 11.1. The van der Waals surface area contributed by atoms with E-state index in [1.807, 2.05) is 0 Å². The first-order valence-electron chi connectivity index (χ1n) is 9.99. The lowest BCUT2D eigenvalue weighted by Gasteiger charge is -2.21. The smallest absolute Gasteiger partial charge is 0.338 e. The normalized spacial score (nSPS) is 12.3. The van der Waals surface area contributed by atoms with Crippen molar-refractivity contribution in [3.63, 3.8) is 0 Å². The van der Waals surface area contributed by atoms with Crippen LogP contribution in [0.3, 0.4) is 0 Å². The number of rotatable bonds is 9. The van der Waals surface area contributed by atoms with Crippen molar-refractivity contribution < 1.29 is 34.5 Å². The highest BCUT2D eigenvalue weighted by molar-refractivity contribution is 7.14. The summed E-state index contributed by atoms with van der Waals surface area (Å²) in [5.74, 6) is -3.21. The molecule has 1 heterocycles. The Morgan fingerprint density at radius 1 is 0.882 bits per heavy atom. The van der Waals surface area contributed by atoms with Gasteiger partial charge in [-0.15, -0.1) is 11.3 Å². The number of hydrogen-bond donors (Lipinski definition) is 6. The van der Waals surface area contributed by atoms with Crippen LogP contribution in [0.5, 0.6) is 0 Å². The van der Waals surface area contributed by atoms with Gasteiger partial charge in [-0.3, -0.25) is 10.1 Å². The van der Waals surface area contributed by atoms with Crippen LogP contribution < -0.4 is 16.0 Å². The van der Waals surface area contributed by atoms with Gasteiger partial charge >= 0.3 is 18.0 Å². The fourth-order valence-corrected chi connectivity index (χ4v) is 3.85. The molecule has 11 heteroatoms. The van der Waals surface area contributed by atoms with Crippen LogP contribution in [0.15, 0.2) is 66.0 Å². The van der Waals surface area contributed by atoms with E-state index >= 15 is 0 Å². The highest BCUT2D eigenvalue weighted by Gasteiger charge is 2.28. The lowest BCUT2D eigenvalue weighted by Crippen LogP contribution is -2.48. The van der Waals surface area contributed by atoms with Crippen molar-refractivity contribution in [3.05, 3.63) is 82.7 Å². The van der Waals surface area contributed by atoms with Crippen LogP contribution in [0.4, 0.5) is 15.5 Å². The Morgan fingerprint density at radius 2 is 1.56 bits per heavy atom. The van der Waals surface area contributed by atoms with Crippen LogP contribution >= 0.6 is 11.3 Å². The summed E-state index contributed by atoms with van der Waals surface area (Å²) in [6.45, 7) is 0. The van der Waals surface area contributed by atoms with E-state index in [0.29, 0.717) is 5.69 Å². The number of aromatic carboxylic acids is 1. The molecule has 34 heavy (non-hydrogen) atoms. The molecule has 10 nitrogen and oxygen atoms in total. The van der Waals surface area contributed by atoms with E-state index in [-0.39, 0.29) is 22.5 Å². The summed E-state index contributed by atoms with van der Waals surface area (Å²) in [5, 5.41) is 37.6. The van der Waals surface area contributed by atoms with Gasteiger partial charge in [0.15, 0.2) is 6.10 Å². The van der Waals surface area contributed by atoms with Gasteiger partial charge in [0.2, 0.25) is 0 Å². The van der Waals surface area contributed by atoms with Crippen LogP contribution in [0, 0.1) is 0 Å². The number of benzene rings is 2. The molecule has 0 bridgehead atoms. The number of carboxylic acid groups (broad SMARTS) is 2. The van der Waals surface area contributed by atoms with Gasteiger partial charge in [0.05, 0.1) is 11.6 Å². The van der Waals surface area contributed by atoms with E-state index in [2.05, 4.69) is 16.0 Å². The molecule has 0 aliphatic rings. The van der Waals surface area contributed by atoms with Crippen LogP contribution in [-0.2, 0) is 11.2 Å². The quantitative estimate of drug-likeness (QED) is 0.272. The van der Waals surface area contributed by atoms with Gasteiger partial charge in [-0.2, -0.15) is 0 Å². The van der Waals surface area contributed by atoms with Crippen LogP contribution in [0.1, 0.15) is 26.3 Å². The summed E-state index contributed by atoms with van der Waals surface area (Å²) in [5.41, 5.74) is 1.25. The fourth-order valence-electron chi connectivity index (χ4n) is 3.08. The largest absolute Gasteiger partial charge is 0.479 e. The molecule has 1 aromatic heterocycles. The van der Waals surface area contributed by atoms with E-state index < -0.39 is 36.0 Å². The molecule has 0 fully saturated rings. The van der Waals surface area contributed by atoms with Crippen molar-refractivity contribution in [2.75, 3.05) is 10.6 Å². The molecule has 0 aliphatic carbocycles. The standard InChI is InChI=1S/C23H21N3O7S/c27-18(22(31)32)17(12-13-4-2-1-3-5-13)25-19(28)14-6-8-15(9-7-14)24-23(33)26-20-16(21(29)30)10-11-34-20/h1-11,17-18,27H,12H2,(H,25,28)(H,29,30)(H,31,32)(H2,24,26,33)/t17-,18-/m1/s1. The highest BCUT2D eigenvalue weighted by atomic mass is 32.1. The van der Waals surface area contributed by atoms with Gasteiger partial charge < -0.3 is 26.0 Å². The number of carboxylic acids is 2. The maximum absolute atomic E-state index is 12.6. The topological polar surface area (TPSA) is 165 Å². The highest BCUT2D eigenvalue weighted by Crippen LogP contribution is 2.23. The van der Waals surface area contributed by atoms with E-state index in [1.54, 1.807) is 35.7 Å². The predicted molar refractivity (Wildman–Crippen MR) is 125 cm³/mol. The summed E-state index contributed by atoms with van der Waals surface area (Å²) in [7, 11) is 0. The van der Waals surface area contributed by atoms with Gasteiger partial charge in [0.25, 0.3) is 5.91 Å². The molecule has 0 spiro atoms. The van der Waals surface area contributed by atoms with E-state index in [1.165, 1.54) is 30.3 Å². The van der Waals surface area contributed by atoms with Crippen LogP contribution in [-0.4, -0.2) is 51.3 Å². The maximum atomic E-state index is 12.6. The number of aliphatic hydroxyl groups is 1. The van der Waals surface area contributed by atoms with Crippen molar-refractivity contribution in [3.8, 4) is 0 Å². The van der Waals surface area contributed by atoms with Crippen molar-refractivity contribution >= 4 is 45.9 Å². The van der Waals surface area contributed by atoms with Crippen molar-refractivity contribution in [2.24, 2.45) is 0 Å². The number of carbonyl (C=O) groups excluding carboxylic acids is 2. The molecular formula is C23H21N3O7S. The lowest BCUT2D eigenvalue weighted by molar-refractivity contribution is -0.148. The summed E-state index contributed by atoms with van der Waals surface area (Å²) < 4.78 is 0.